The van der Waals surface area contributed by atoms with Gasteiger partial charge in [0, 0.05) is 38.0 Å². The number of amides is 1. The number of halogens is 1. The molecule has 0 bridgehead atoms. The number of carbonyl (C=O) groups is 1. The number of hydrogen-bond acceptors (Lipinski definition) is 5. The van der Waals surface area contributed by atoms with Crippen LogP contribution < -0.4 is 9.64 Å². The van der Waals surface area contributed by atoms with Crippen LogP contribution in [0.5, 0.6) is 5.75 Å². The predicted octanol–water partition coefficient (Wildman–Crippen LogP) is 3.06. The molecule has 1 aromatic heterocycles. The van der Waals surface area contributed by atoms with Crippen molar-refractivity contribution in [2.45, 2.75) is 12.8 Å². The molecular weight excluding hydrogens is 371 g/mol. The number of aromatic nitrogens is 2. The summed E-state index contributed by atoms with van der Waals surface area (Å²) in [5.74, 6) is 1.34. The molecule has 3 aromatic rings. The summed E-state index contributed by atoms with van der Waals surface area (Å²) in [7, 11) is 1.64. The Kier molecular flexibility index (Phi) is 5.55. The number of anilines is 1. The molecule has 0 unspecified atom stereocenters. The summed E-state index contributed by atoms with van der Waals surface area (Å²) < 4.78 is 19.2. The average molecular weight is 394 g/mol. The maximum absolute atomic E-state index is 14.0. The molecule has 2 heterocycles. The molecule has 1 saturated heterocycles. The molecule has 6 nitrogen and oxygen atoms in total. The Morgan fingerprint density at radius 1 is 1.07 bits per heavy atom. The number of carbonyl (C=O) groups excluding carboxylic acids is 1. The molecule has 0 N–H and O–H groups in total. The van der Waals surface area contributed by atoms with Gasteiger partial charge in [-0.1, -0.05) is 18.2 Å². The van der Waals surface area contributed by atoms with Crippen molar-refractivity contribution in [3.63, 3.8) is 0 Å². The summed E-state index contributed by atoms with van der Waals surface area (Å²) in [5, 5.41) is 0.701. The molecule has 1 aliphatic rings. The van der Waals surface area contributed by atoms with Crippen LogP contribution in [0.1, 0.15) is 12.0 Å². The first-order valence-electron chi connectivity index (χ1n) is 9.70. The molecule has 29 heavy (non-hydrogen) atoms. The van der Waals surface area contributed by atoms with Gasteiger partial charge in [-0.05, 0) is 36.2 Å². The van der Waals surface area contributed by atoms with Crippen molar-refractivity contribution in [1.82, 2.24) is 14.9 Å². The fourth-order valence-electron chi connectivity index (χ4n) is 3.66. The van der Waals surface area contributed by atoms with Gasteiger partial charge in [-0.2, -0.15) is 0 Å². The molecule has 7 heteroatoms. The number of ether oxygens (including phenoxy) is 1. The fourth-order valence-corrected chi connectivity index (χ4v) is 3.66. The standard InChI is InChI=1S/C22H23FN4O2/c1-29-17-8-5-16(6-9-17)7-10-20(28)26-11-13-27(14-12-26)22-18-3-2-4-19(23)21(18)24-15-25-22/h2-6,8-9,15H,7,10-14H2,1H3. The second kappa shape index (κ2) is 8.43. The molecule has 1 amide bonds. The number of para-hydroxylation sites is 1. The van der Waals surface area contributed by atoms with Crippen molar-refractivity contribution in [2.75, 3.05) is 38.2 Å². The number of methoxy groups -OCH3 is 1. The Hall–Kier alpha value is -3.22. The second-order valence-electron chi connectivity index (χ2n) is 7.05. The van der Waals surface area contributed by atoms with Gasteiger partial charge in [0.1, 0.15) is 29.2 Å². The monoisotopic (exact) mass is 394 g/mol. The van der Waals surface area contributed by atoms with Gasteiger partial charge in [-0.15, -0.1) is 0 Å². The molecule has 1 aliphatic heterocycles. The van der Waals surface area contributed by atoms with E-state index in [2.05, 4.69) is 14.9 Å². The lowest BCUT2D eigenvalue weighted by Gasteiger charge is -2.35. The molecule has 0 spiro atoms. The predicted molar refractivity (Wildman–Crippen MR) is 110 cm³/mol. The smallest absolute Gasteiger partial charge is 0.223 e. The van der Waals surface area contributed by atoms with E-state index in [1.165, 1.54) is 12.4 Å². The zero-order valence-corrected chi connectivity index (χ0v) is 16.3. The molecule has 4 rings (SSSR count). The van der Waals surface area contributed by atoms with Crippen LogP contribution in [0, 0.1) is 5.82 Å². The van der Waals surface area contributed by atoms with Crippen LogP contribution in [0.25, 0.3) is 10.9 Å². The van der Waals surface area contributed by atoms with E-state index in [9.17, 15) is 9.18 Å². The van der Waals surface area contributed by atoms with Crippen LogP contribution in [0.2, 0.25) is 0 Å². The van der Waals surface area contributed by atoms with Crippen LogP contribution in [-0.2, 0) is 11.2 Å². The van der Waals surface area contributed by atoms with E-state index in [4.69, 9.17) is 4.74 Å². The van der Waals surface area contributed by atoms with E-state index in [1.54, 1.807) is 13.2 Å². The number of piperazine rings is 1. The number of benzene rings is 2. The minimum Gasteiger partial charge on any atom is -0.497 e. The van der Waals surface area contributed by atoms with E-state index >= 15 is 0 Å². The first-order valence-corrected chi connectivity index (χ1v) is 9.70. The molecule has 0 radical (unpaired) electrons. The van der Waals surface area contributed by atoms with E-state index in [-0.39, 0.29) is 11.7 Å². The van der Waals surface area contributed by atoms with Crippen molar-refractivity contribution < 1.29 is 13.9 Å². The summed E-state index contributed by atoms with van der Waals surface area (Å²) in [6.07, 6.45) is 2.58. The Balaban J connectivity index is 1.35. The van der Waals surface area contributed by atoms with E-state index in [1.807, 2.05) is 35.2 Å². The van der Waals surface area contributed by atoms with Crippen molar-refractivity contribution >= 4 is 22.6 Å². The van der Waals surface area contributed by atoms with Crippen LogP contribution in [0.4, 0.5) is 10.2 Å². The van der Waals surface area contributed by atoms with E-state index in [0.29, 0.717) is 49.9 Å². The quantitative estimate of drug-likeness (QED) is 0.666. The lowest BCUT2D eigenvalue weighted by molar-refractivity contribution is -0.131. The molecule has 0 aliphatic carbocycles. The minimum absolute atomic E-state index is 0.152. The highest BCUT2D eigenvalue weighted by molar-refractivity contribution is 5.89. The number of fused-ring (bicyclic) bond motifs is 1. The Morgan fingerprint density at radius 3 is 2.55 bits per heavy atom. The first kappa shape index (κ1) is 19.1. The van der Waals surface area contributed by atoms with Crippen LogP contribution in [0.15, 0.2) is 48.8 Å². The summed E-state index contributed by atoms with van der Waals surface area (Å²) in [6, 6.07) is 12.7. The van der Waals surface area contributed by atoms with Gasteiger partial charge in [0.15, 0.2) is 0 Å². The van der Waals surface area contributed by atoms with Gasteiger partial charge < -0.3 is 14.5 Å². The summed E-state index contributed by atoms with van der Waals surface area (Å²) in [6.45, 7) is 2.58. The molecule has 0 atom stereocenters. The number of hydrogen-bond donors (Lipinski definition) is 0. The lowest BCUT2D eigenvalue weighted by atomic mass is 10.1. The number of nitrogens with zero attached hydrogens (tertiary/aromatic N) is 4. The van der Waals surface area contributed by atoms with Crippen molar-refractivity contribution in [3.05, 3.63) is 60.2 Å². The van der Waals surface area contributed by atoms with E-state index < -0.39 is 0 Å². The molecule has 1 fully saturated rings. The van der Waals surface area contributed by atoms with Gasteiger partial charge in [0.05, 0.1) is 7.11 Å². The van der Waals surface area contributed by atoms with Gasteiger partial charge in [-0.25, -0.2) is 14.4 Å². The molecule has 2 aromatic carbocycles. The average Bonchev–Trinajstić information content (AvgIpc) is 2.78. The summed E-state index contributed by atoms with van der Waals surface area (Å²) in [4.78, 5) is 25.0. The number of aryl methyl sites for hydroxylation is 1. The normalized spacial score (nSPS) is 14.3. The highest BCUT2D eigenvalue weighted by Crippen LogP contribution is 2.25. The topological polar surface area (TPSA) is 58.6 Å². The third-order valence-electron chi connectivity index (χ3n) is 5.31. The highest BCUT2D eigenvalue weighted by atomic mass is 19.1. The van der Waals surface area contributed by atoms with Crippen molar-refractivity contribution in [2.24, 2.45) is 0 Å². The molecular formula is C22H23FN4O2. The zero-order valence-electron chi connectivity index (χ0n) is 16.3. The third kappa shape index (κ3) is 4.13. The van der Waals surface area contributed by atoms with Gasteiger partial charge in [-0.3, -0.25) is 4.79 Å². The maximum Gasteiger partial charge on any atom is 0.223 e. The fraction of sp³-hybridized carbons (Fsp3) is 0.318. The third-order valence-corrected chi connectivity index (χ3v) is 5.31. The van der Waals surface area contributed by atoms with Crippen molar-refractivity contribution in [3.8, 4) is 5.75 Å². The van der Waals surface area contributed by atoms with Gasteiger partial charge >= 0.3 is 0 Å². The summed E-state index contributed by atoms with van der Waals surface area (Å²) >= 11 is 0. The summed E-state index contributed by atoms with van der Waals surface area (Å²) in [5.41, 5.74) is 1.45. The lowest BCUT2D eigenvalue weighted by Crippen LogP contribution is -2.49. The van der Waals surface area contributed by atoms with Crippen LogP contribution in [0.3, 0.4) is 0 Å². The largest absolute Gasteiger partial charge is 0.497 e. The van der Waals surface area contributed by atoms with Crippen LogP contribution >= 0.6 is 0 Å². The minimum atomic E-state index is -0.349. The molecule has 150 valence electrons. The number of rotatable bonds is 5. The van der Waals surface area contributed by atoms with Crippen molar-refractivity contribution in [1.29, 1.82) is 0 Å². The second-order valence-corrected chi connectivity index (χ2v) is 7.05. The zero-order chi connectivity index (χ0) is 20.2. The Bertz CT molecular complexity index is 1000. The van der Waals surface area contributed by atoms with E-state index in [0.717, 1.165) is 17.1 Å². The highest BCUT2D eigenvalue weighted by Gasteiger charge is 2.23. The van der Waals surface area contributed by atoms with Gasteiger partial charge in [0.2, 0.25) is 5.91 Å². The first-order chi connectivity index (χ1) is 14.2. The molecule has 0 saturated carbocycles. The van der Waals surface area contributed by atoms with Gasteiger partial charge in [0.25, 0.3) is 0 Å². The van der Waals surface area contributed by atoms with Crippen LogP contribution in [-0.4, -0.2) is 54.1 Å². The Morgan fingerprint density at radius 2 is 1.83 bits per heavy atom. The SMILES string of the molecule is COc1ccc(CCC(=O)N2CCN(c3ncnc4c(F)cccc34)CC2)cc1. The Labute approximate surface area is 168 Å². The maximum atomic E-state index is 14.0.